The van der Waals surface area contributed by atoms with Gasteiger partial charge in [-0.1, -0.05) is 13.0 Å². The molecule has 1 aromatic rings. The van der Waals surface area contributed by atoms with Crippen molar-refractivity contribution in [2.75, 3.05) is 40.4 Å². The second-order valence-corrected chi connectivity index (χ2v) is 6.59. The molecular weight excluding hydrogens is 304 g/mol. The number of methoxy groups -OCH3 is 2. The highest BCUT2D eigenvalue weighted by Crippen LogP contribution is 2.27. The van der Waals surface area contributed by atoms with Crippen molar-refractivity contribution in [1.82, 2.24) is 10.2 Å². The minimum atomic E-state index is 0.0505. The van der Waals surface area contributed by atoms with E-state index in [1.165, 1.54) is 25.9 Å². The Morgan fingerprint density at radius 2 is 1.92 bits per heavy atom. The van der Waals surface area contributed by atoms with Crippen LogP contribution in [0.2, 0.25) is 0 Å². The Morgan fingerprint density at radius 1 is 1.21 bits per heavy atom. The zero-order chi connectivity index (χ0) is 17.4. The maximum Gasteiger partial charge on any atom is 0.224 e. The van der Waals surface area contributed by atoms with Crippen molar-refractivity contribution >= 4 is 5.91 Å². The van der Waals surface area contributed by atoms with Gasteiger partial charge in [-0.2, -0.15) is 0 Å². The van der Waals surface area contributed by atoms with Crippen LogP contribution in [0, 0.1) is 5.92 Å². The summed E-state index contributed by atoms with van der Waals surface area (Å²) in [4.78, 5) is 14.6. The number of hydrogen-bond acceptors (Lipinski definition) is 4. The number of ether oxygens (including phenoxy) is 2. The zero-order valence-electron chi connectivity index (χ0n) is 15.1. The van der Waals surface area contributed by atoms with E-state index in [1.807, 2.05) is 18.2 Å². The Bertz CT molecular complexity index is 525. The highest BCUT2D eigenvalue weighted by Gasteiger charge is 2.15. The lowest BCUT2D eigenvalue weighted by Crippen LogP contribution is -2.35. The van der Waals surface area contributed by atoms with Crippen LogP contribution in [0.3, 0.4) is 0 Å². The molecule has 0 atom stereocenters. The third-order valence-electron chi connectivity index (χ3n) is 4.66. The van der Waals surface area contributed by atoms with Crippen molar-refractivity contribution in [2.24, 2.45) is 5.92 Å². The highest BCUT2D eigenvalue weighted by molar-refractivity contribution is 5.78. The molecule has 1 aromatic carbocycles. The molecule has 1 fully saturated rings. The number of nitrogens with zero attached hydrogens (tertiary/aromatic N) is 1. The molecule has 1 saturated heterocycles. The molecule has 134 valence electrons. The van der Waals surface area contributed by atoms with E-state index >= 15 is 0 Å². The van der Waals surface area contributed by atoms with Crippen molar-refractivity contribution in [1.29, 1.82) is 0 Å². The fraction of sp³-hybridized carbons (Fsp3) is 0.632. The van der Waals surface area contributed by atoms with Crippen LogP contribution < -0.4 is 14.8 Å². The van der Waals surface area contributed by atoms with E-state index in [1.54, 1.807) is 14.2 Å². The topological polar surface area (TPSA) is 50.8 Å². The van der Waals surface area contributed by atoms with Gasteiger partial charge in [-0.25, -0.2) is 0 Å². The van der Waals surface area contributed by atoms with Gasteiger partial charge in [0.2, 0.25) is 5.91 Å². The van der Waals surface area contributed by atoms with Crippen LogP contribution in [0.15, 0.2) is 18.2 Å². The third kappa shape index (κ3) is 5.71. The smallest absolute Gasteiger partial charge is 0.224 e. The average Bonchev–Trinajstić information content (AvgIpc) is 2.60. The molecular formula is C19H30N2O3. The van der Waals surface area contributed by atoms with Gasteiger partial charge in [0.1, 0.15) is 0 Å². The molecule has 0 radical (unpaired) electrons. The molecule has 0 aromatic heterocycles. The first-order valence-electron chi connectivity index (χ1n) is 8.82. The van der Waals surface area contributed by atoms with Crippen molar-refractivity contribution in [3.05, 3.63) is 23.8 Å². The summed E-state index contributed by atoms with van der Waals surface area (Å²) >= 11 is 0. The van der Waals surface area contributed by atoms with Crippen LogP contribution in [-0.4, -0.2) is 51.2 Å². The van der Waals surface area contributed by atoms with Gasteiger partial charge in [-0.15, -0.1) is 0 Å². The number of amides is 1. The molecule has 1 amide bonds. The van der Waals surface area contributed by atoms with Gasteiger partial charge in [-0.05, 0) is 62.5 Å². The van der Waals surface area contributed by atoms with Gasteiger partial charge in [0.25, 0.3) is 0 Å². The van der Waals surface area contributed by atoms with Crippen LogP contribution in [0.5, 0.6) is 11.5 Å². The van der Waals surface area contributed by atoms with Crippen LogP contribution in [0.4, 0.5) is 0 Å². The van der Waals surface area contributed by atoms with E-state index in [9.17, 15) is 4.79 Å². The maximum absolute atomic E-state index is 12.1. The lowest BCUT2D eigenvalue weighted by atomic mass is 9.99. The summed E-state index contributed by atoms with van der Waals surface area (Å²) in [5.74, 6) is 2.25. The Morgan fingerprint density at radius 3 is 2.58 bits per heavy atom. The Labute approximate surface area is 145 Å². The van der Waals surface area contributed by atoms with E-state index in [4.69, 9.17) is 9.47 Å². The molecule has 0 aliphatic carbocycles. The second-order valence-electron chi connectivity index (χ2n) is 6.59. The van der Waals surface area contributed by atoms with E-state index < -0.39 is 0 Å². The van der Waals surface area contributed by atoms with E-state index in [0.29, 0.717) is 17.9 Å². The van der Waals surface area contributed by atoms with Crippen molar-refractivity contribution in [3.8, 4) is 11.5 Å². The molecule has 0 unspecified atom stereocenters. The lowest BCUT2D eigenvalue weighted by Gasteiger charge is -2.30. The summed E-state index contributed by atoms with van der Waals surface area (Å²) in [7, 11) is 3.20. The normalized spacial score (nSPS) is 16.0. The van der Waals surface area contributed by atoms with Crippen molar-refractivity contribution in [3.63, 3.8) is 0 Å². The van der Waals surface area contributed by atoms with Crippen LogP contribution in [-0.2, 0) is 11.2 Å². The predicted molar refractivity (Wildman–Crippen MR) is 95.7 cm³/mol. The molecule has 1 N–H and O–H groups in total. The second kappa shape index (κ2) is 9.52. The van der Waals surface area contributed by atoms with Gasteiger partial charge >= 0.3 is 0 Å². The summed E-state index contributed by atoms with van der Waals surface area (Å²) < 4.78 is 10.5. The Balaban J connectivity index is 1.68. The molecule has 2 rings (SSSR count). The average molecular weight is 334 g/mol. The predicted octanol–water partition coefficient (Wildman–Crippen LogP) is 2.48. The standard InChI is InChI=1S/C19H30N2O3/c1-15-7-11-21(12-8-15)10-4-9-20-19(22)14-16-5-6-17(23-2)18(13-16)24-3/h5-6,13,15H,4,7-12,14H2,1-3H3,(H,20,22). The summed E-state index contributed by atoms with van der Waals surface area (Å²) in [6.45, 7) is 6.52. The largest absolute Gasteiger partial charge is 0.493 e. The lowest BCUT2D eigenvalue weighted by molar-refractivity contribution is -0.120. The SMILES string of the molecule is COc1ccc(CC(=O)NCCCN2CCC(C)CC2)cc1OC. The highest BCUT2D eigenvalue weighted by atomic mass is 16.5. The summed E-state index contributed by atoms with van der Waals surface area (Å²) in [5, 5.41) is 3.01. The molecule has 0 bridgehead atoms. The molecule has 0 saturated carbocycles. The number of rotatable bonds is 8. The number of carbonyl (C=O) groups excluding carboxylic acids is 1. The van der Waals surface area contributed by atoms with Crippen molar-refractivity contribution < 1.29 is 14.3 Å². The van der Waals surface area contributed by atoms with E-state index in [-0.39, 0.29) is 5.91 Å². The van der Waals surface area contributed by atoms with Crippen LogP contribution in [0.25, 0.3) is 0 Å². The number of carbonyl (C=O) groups is 1. The van der Waals surface area contributed by atoms with Crippen LogP contribution in [0.1, 0.15) is 31.7 Å². The van der Waals surface area contributed by atoms with Crippen LogP contribution >= 0.6 is 0 Å². The number of hydrogen-bond donors (Lipinski definition) is 1. The van der Waals surface area contributed by atoms with Gasteiger partial charge in [0, 0.05) is 6.54 Å². The first kappa shape index (κ1) is 18.6. The molecule has 5 heteroatoms. The number of nitrogens with one attached hydrogen (secondary N) is 1. The van der Waals surface area contributed by atoms with Gasteiger partial charge < -0.3 is 19.7 Å². The third-order valence-corrected chi connectivity index (χ3v) is 4.66. The van der Waals surface area contributed by atoms with Gasteiger partial charge in [-0.3, -0.25) is 4.79 Å². The molecule has 1 heterocycles. The molecule has 1 aliphatic rings. The summed E-state index contributed by atoms with van der Waals surface area (Å²) in [5.41, 5.74) is 0.926. The number of likely N-dealkylation sites (tertiary alicyclic amines) is 1. The minimum absolute atomic E-state index is 0.0505. The Kier molecular flexibility index (Phi) is 7.37. The summed E-state index contributed by atoms with van der Waals surface area (Å²) in [6, 6.07) is 5.59. The number of piperidine rings is 1. The Hall–Kier alpha value is -1.75. The first-order valence-corrected chi connectivity index (χ1v) is 8.82. The monoisotopic (exact) mass is 334 g/mol. The quantitative estimate of drug-likeness (QED) is 0.742. The summed E-state index contributed by atoms with van der Waals surface area (Å²) in [6.07, 6.45) is 3.96. The molecule has 5 nitrogen and oxygen atoms in total. The maximum atomic E-state index is 12.1. The minimum Gasteiger partial charge on any atom is -0.493 e. The number of benzene rings is 1. The van der Waals surface area contributed by atoms with Gasteiger partial charge in [0.05, 0.1) is 20.6 Å². The molecule has 0 spiro atoms. The van der Waals surface area contributed by atoms with E-state index in [0.717, 1.165) is 31.0 Å². The fourth-order valence-electron chi connectivity index (χ4n) is 3.05. The first-order chi connectivity index (χ1) is 11.6. The molecule has 1 aliphatic heterocycles. The molecule has 24 heavy (non-hydrogen) atoms. The van der Waals surface area contributed by atoms with Crippen molar-refractivity contribution in [2.45, 2.75) is 32.6 Å². The fourth-order valence-corrected chi connectivity index (χ4v) is 3.05. The van der Waals surface area contributed by atoms with Gasteiger partial charge in [0.15, 0.2) is 11.5 Å². The zero-order valence-corrected chi connectivity index (χ0v) is 15.1. The van der Waals surface area contributed by atoms with E-state index in [2.05, 4.69) is 17.1 Å².